The van der Waals surface area contributed by atoms with E-state index in [1.165, 1.54) is 0 Å². The minimum atomic E-state index is -0.250. The number of aryl methyl sites for hydroxylation is 2. The minimum Gasteiger partial charge on any atom is -0.483 e. The molecule has 12 nitrogen and oxygen atoms in total. The fraction of sp³-hybridized carbons (Fsp3) is 0.550. The molecule has 4 heterocycles. The van der Waals surface area contributed by atoms with E-state index in [1.54, 1.807) is 13.0 Å². The van der Waals surface area contributed by atoms with Gasteiger partial charge in [0.15, 0.2) is 0 Å². The fourth-order valence-electron chi connectivity index (χ4n) is 4.57. The number of H-pyrrole nitrogens is 1. The van der Waals surface area contributed by atoms with Gasteiger partial charge in [-0.1, -0.05) is 0 Å². The lowest BCUT2D eigenvalue weighted by molar-refractivity contribution is -0.123. The summed E-state index contributed by atoms with van der Waals surface area (Å²) in [5.41, 5.74) is 0.593. The van der Waals surface area contributed by atoms with Gasteiger partial charge in [0.25, 0.3) is 18.5 Å². The Bertz CT molecular complexity index is 941. The highest BCUT2D eigenvalue weighted by Gasteiger charge is 2.51. The van der Waals surface area contributed by atoms with Crippen molar-refractivity contribution in [2.75, 3.05) is 32.8 Å². The molecule has 4 N–H and O–H groups in total. The van der Waals surface area contributed by atoms with E-state index in [1.807, 2.05) is 24.0 Å². The van der Waals surface area contributed by atoms with E-state index in [2.05, 4.69) is 24.8 Å². The molecule has 12 heteroatoms. The number of aromatic nitrogens is 4. The summed E-state index contributed by atoms with van der Waals surface area (Å²) in [7, 11) is 2.01. The second-order valence-electron chi connectivity index (χ2n) is 8.04. The summed E-state index contributed by atoms with van der Waals surface area (Å²) in [5.74, 6) is 2.12. The van der Waals surface area contributed by atoms with Gasteiger partial charge >= 0.3 is 0 Å². The number of hydrogen-bond acceptors (Lipinski definition) is 8. The molecule has 32 heavy (non-hydrogen) atoms. The SMILES string of the molecule is Cc1nc(CN2CC3CN(Cc4nccn4C)CC3(CO)C2)cc(=O)[nH]1.O=CO.O=CO. The van der Waals surface area contributed by atoms with Gasteiger partial charge in [-0.25, -0.2) is 9.97 Å². The third kappa shape index (κ3) is 6.22. The van der Waals surface area contributed by atoms with E-state index in [9.17, 15) is 9.90 Å². The third-order valence-corrected chi connectivity index (χ3v) is 5.80. The van der Waals surface area contributed by atoms with Crippen LogP contribution in [0.1, 0.15) is 17.3 Å². The molecule has 0 aliphatic carbocycles. The molecule has 2 atom stereocenters. The number of nitrogens with zero attached hydrogens (tertiary/aromatic N) is 5. The topological polar surface area (TPSA) is 165 Å². The van der Waals surface area contributed by atoms with Crippen LogP contribution in [0.15, 0.2) is 23.3 Å². The number of imidazole rings is 1. The normalized spacial score (nSPS) is 22.3. The number of rotatable bonds is 5. The first kappa shape index (κ1) is 25.2. The number of carboxylic acid groups (broad SMARTS) is 2. The lowest BCUT2D eigenvalue weighted by Gasteiger charge is -2.27. The van der Waals surface area contributed by atoms with Gasteiger partial charge in [0.2, 0.25) is 0 Å². The van der Waals surface area contributed by atoms with E-state index in [0.29, 0.717) is 18.3 Å². The van der Waals surface area contributed by atoms with E-state index < -0.39 is 0 Å². The molecule has 0 aromatic carbocycles. The van der Waals surface area contributed by atoms with Crippen LogP contribution in [0.3, 0.4) is 0 Å². The van der Waals surface area contributed by atoms with Crippen LogP contribution < -0.4 is 5.56 Å². The van der Waals surface area contributed by atoms with Crippen LogP contribution in [0.2, 0.25) is 0 Å². The standard InChI is InChI=1S/C18H26N6O2.2CH2O2/c1-13-20-15(5-17(26)21-13)8-23-6-14-7-24(11-18(14,10-23)12-25)9-16-19-3-4-22(16)2;2*2-1-3/h3-5,14,25H,6-12H2,1-2H3,(H,20,21,26);2*1H,(H,2,3). The monoisotopic (exact) mass is 450 g/mol. The molecule has 0 radical (unpaired) electrons. The maximum atomic E-state index is 11.7. The number of carbonyl (C=O) groups is 2. The highest BCUT2D eigenvalue weighted by molar-refractivity contribution is 5.33. The van der Waals surface area contributed by atoms with Crippen LogP contribution in [0.5, 0.6) is 0 Å². The van der Waals surface area contributed by atoms with Crippen LogP contribution in [0, 0.1) is 18.3 Å². The molecule has 0 bridgehead atoms. The summed E-state index contributed by atoms with van der Waals surface area (Å²) in [6, 6.07) is 1.57. The Labute approximate surface area is 185 Å². The highest BCUT2D eigenvalue weighted by Crippen LogP contribution is 2.42. The Hall–Kier alpha value is -3.09. The Morgan fingerprint density at radius 1 is 1.19 bits per heavy atom. The van der Waals surface area contributed by atoms with E-state index in [-0.39, 0.29) is 30.5 Å². The number of aromatic amines is 1. The van der Waals surface area contributed by atoms with Crippen LogP contribution in [-0.4, -0.2) is 90.4 Å². The van der Waals surface area contributed by atoms with Gasteiger partial charge in [0, 0.05) is 63.6 Å². The van der Waals surface area contributed by atoms with Crippen molar-refractivity contribution >= 4 is 12.9 Å². The van der Waals surface area contributed by atoms with Crippen molar-refractivity contribution in [3.8, 4) is 0 Å². The summed E-state index contributed by atoms with van der Waals surface area (Å²) < 4.78 is 2.05. The maximum Gasteiger partial charge on any atom is 0.290 e. The smallest absolute Gasteiger partial charge is 0.290 e. The predicted octanol–water partition coefficient (Wildman–Crippen LogP) is -0.860. The third-order valence-electron chi connectivity index (χ3n) is 5.80. The van der Waals surface area contributed by atoms with Crippen molar-refractivity contribution in [1.82, 2.24) is 29.3 Å². The van der Waals surface area contributed by atoms with E-state index in [0.717, 1.165) is 44.2 Å². The highest BCUT2D eigenvalue weighted by atomic mass is 16.3. The molecule has 176 valence electrons. The second-order valence-corrected chi connectivity index (χ2v) is 8.04. The molecule has 0 spiro atoms. The average molecular weight is 450 g/mol. The zero-order chi connectivity index (χ0) is 23.7. The summed E-state index contributed by atoms with van der Waals surface area (Å²) >= 11 is 0. The van der Waals surface area contributed by atoms with Crippen LogP contribution in [0.25, 0.3) is 0 Å². The predicted molar refractivity (Wildman–Crippen MR) is 114 cm³/mol. The van der Waals surface area contributed by atoms with Gasteiger partial charge in [-0.05, 0) is 12.8 Å². The zero-order valence-corrected chi connectivity index (χ0v) is 18.2. The maximum absolute atomic E-state index is 11.7. The van der Waals surface area contributed by atoms with Crippen LogP contribution in [0.4, 0.5) is 0 Å². The molecule has 0 amide bonds. The molecule has 0 saturated carbocycles. The van der Waals surface area contributed by atoms with Crippen molar-refractivity contribution in [2.24, 2.45) is 18.4 Å². The Morgan fingerprint density at radius 2 is 1.78 bits per heavy atom. The zero-order valence-electron chi connectivity index (χ0n) is 18.2. The number of aliphatic hydroxyl groups excluding tert-OH is 1. The van der Waals surface area contributed by atoms with Crippen molar-refractivity contribution in [3.63, 3.8) is 0 Å². The minimum absolute atomic E-state index is 0.0958. The fourth-order valence-corrected chi connectivity index (χ4v) is 4.57. The number of aliphatic hydroxyl groups is 1. The van der Waals surface area contributed by atoms with Crippen molar-refractivity contribution < 1.29 is 24.9 Å². The molecular weight excluding hydrogens is 420 g/mol. The molecule has 2 aromatic rings. The van der Waals surface area contributed by atoms with Gasteiger partial charge in [-0.15, -0.1) is 0 Å². The van der Waals surface area contributed by atoms with Crippen molar-refractivity contribution in [2.45, 2.75) is 20.0 Å². The van der Waals surface area contributed by atoms with Crippen molar-refractivity contribution in [3.05, 3.63) is 46.2 Å². The molecule has 2 aromatic heterocycles. The number of hydrogen-bond donors (Lipinski definition) is 4. The molecule has 2 fully saturated rings. The molecule has 2 aliphatic heterocycles. The van der Waals surface area contributed by atoms with E-state index in [4.69, 9.17) is 19.8 Å². The Balaban J connectivity index is 0.000000547. The van der Waals surface area contributed by atoms with Crippen LogP contribution >= 0.6 is 0 Å². The largest absolute Gasteiger partial charge is 0.483 e. The second kappa shape index (κ2) is 11.5. The summed E-state index contributed by atoms with van der Waals surface area (Å²) in [5, 5.41) is 23.9. The summed E-state index contributed by atoms with van der Waals surface area (Å²) in [4.78, 5) is 44.6. The summed E-state index contributed by atoms with van der Waals surface area (Å²) in [6.07, 6.45) is 3.79. The van der Waals surface area contributed by atoms with Gasteiger partial charge < -0.3 is 24.9 Å². The lowest BCUT2D eigenvalue weighted by Crippen LogP contribution is -2.37. The van der Waals surface area contributed by atoms with Crippen LogP contribution in [-0.2, 0) is 29.7 Å². The van der Waals surface area contributed by atoms with E-state index >= 15 is 0 Å². The number of fused-ring (bicyclic) bond motifs is 1. The van der Waals surface area contributed by atoms with Gasteiger partial charge in [-0.2, -0.15) is 0 Å². The van der Waals surface area contributed by atoms with Gasteiger partial charge in [0.05, 0.1) is 18.8 Å². The first-order valence-electron chi connectivity index (χ1n) is 10.0. The molecule has 2 unspecified atom stereocenters. The quantitative estimate of drug-likeness (QED) is 0.421. The van der Waals surface area contributed by atoms with Gasteiger partial charge in [-0.3, -0.25) is 24.2 Å². The molecule has 2 saturated heterocycles. The molecule has 4 rings (SSSR count). The molecular formula is C20H30N6O6. The Kier molecular flexibility index (Phi) is 9.05. The van der Waals surface area contributed by atoms with Crippen molar-refractivity contribution in [1.29, 1.82) is 0 Å². The first-order valence-corrected chi connectivity index (χ1v) is 10.0. The number of nitrogens with one attached hydrogen (secondary N) is 1. The lowest BCUT2D eigenvalue weighted by atomic mass is 9.82. The van der Waals surface area contributed by atoms with Gasteiger partial charge in [0.1, 0.15) is 11.6 Å². The number of likely N-dealkylation sites (tertiary alicyclic amines) is 2. The Morgan fingerprint density at radius 3 is 2.25 bits per heavy atom. The molecule has 2 aliphatic rings. The first-order chi connectivity index (χ1) is 15.3. The average Bonchev–Trinajstić information content (AvgIpc) is 3.35. The summed E-state index contributed by atoms with van der Waals surface area (Å²) in [6.45, 7) is 6.55.